The number of aromatic nitrogens is 1. The second-order valence-corrected chi connectivity index (χ2v) is 7.80. The first-order valence-corrected chi connectivity index (χ1v) is 10.1. The maximum atomic E-state index is 12.4. The standard InChI is InChI=1S/C23H24N4O6.H2O/c1-23(2,9-10-32-17-6-4-5-16(11-17)27-30)26-22(29)21(28)25-15-7-8-18(19(12-15)31-3)20-13-24-14-33-20;/h4-8,11-14H,9-10H2,1-3H3,(H,25,28)(H,26,29);1H2. The predicted molar refractivity (Wildman–Crippen MR) is 122 cm³/mol. The molecule has 0 atom stereocenters. The normalized spacial score (nSPS) is 10.6. The summed E-state index contributed by atoms with van der Waals surface area (Å²) < 4.78 is 16.3. The molecule has 0 bridgehead atoms. The van der Waals surface area contributed by atoms with Gasteiger partial charge in [0.2, 0.25) is 0 Å². The van der Waals surface area contributed by atoms with Crippen molar-refractivity contribution in [1.82, 2.24) is 10.3 Å². The summed E-state index contributed by atoms with van der Waals surface area (Å²) in [5, 5.41) is 7.06. The fourth-order valence-corrected chi connectivity index (χ4v) is 3.01. The zero-order valence-corrected chi connectivity index (χ0v) is 19.0. The third-order valence-corrected chi connectivity index (χ3v) is 4.76. The van der Waals surface area contributed by atoms with Crippen LogP contribution in [-0.2, 0) is 9.59 Å². The van der Waals surface area contributed by atoms with Crippen molar-refractivity contribution in [3.63, 3.8) is 0 Å². The average molecular weight is 470 g/mol. The zero-order valence-electron chi connectivity index (χ0n) is 19.0. The van der Waals surface area contributed by atoms with E-state index < -0.39 is 17.4 Å². The predicted octanol–water partition coefficient (Wildman–Crippen LogP) is 1.95. The number of methoxy groups -OCH3 is 1. The summed E-state index contributed by atoms with van der Waals surface area (Å²) in [5.41, 5.74) is 0.733. The van der Waals surface area contributed by atoms with E-state index in [0.717, 1.165) is 0 Å². The van der Waals surface area contributed by atoms with Gasteiger partial charge in [-0.3, -0.25) is 9.59 Å². The minimum absolute atomic E-state index is 0. The summed E-state index contributed by atoms with van der Waals surface area (Å²) in [7, 11) is 1.49. The number of carbonyl (C=O) groups excluding carboxylic acids is 2. The molecule has 0 aliphatic carbocycles. The lowest BCUT2D eigenvalue weighted by Crippen LogP contribution is -2.55. The number of ether oxygens (including phenoxy) is 2. The molecule has 4 N–H and O–H groups in total. The van der Waals surface area contributed by atoms with E-state index in [1.54, 1.807) is 67.7 Å². The van der Waals surface area contributed by atoms with Gasteiger partial charge >= 0.3 is 11.8 Å². The molecule has 2 amide bonds. The lowest BCUT2D eigenvalue weighted by atomic mass is 10.0. The molecule has 180 valence electrons. The SMILES string of the molecule is COc1cc(NC(=O)C(=O)NC(C)(C)CCOc2cccc([NH+]=O)c2)ccc1-c1cnco1.[OH-]. The third-order valence-electron chi connectivity index (χ3n) is 4.76. The van der Waals surface area contributed by atoms with Gasteiger partial charge in [-0.2, -0.15) is 0 Å². The van der Waals surface area contributed by atoms with Gasteiger partial charge in [-0.15, -0.1) is 0 Å². The van der Waals surface area contributed by atoms with Crippen LogP contribution in [0.4, 0.5) is 11.4 Å². The molecule has 0 aliphatic heterocycles. The Morgan fingerprint density at radius 1 is 1.15 bits per heavy atom. The second-order valence-electron chi connectivity index (χ2n) is 7.80. The molecule has 11 heteroatoms. The second kappa shape index (κ2) is 11.6. The van der Waals surface area contributed by atoms with Crippen LogP contribution in [0.2, 0.25) is 0 Å². The topological polar surface area (TPSA) is 164 Å². The Morgan fingerprint density at radius 3 is 2.62 bits per heavy atom. The monoisotopic (exact) mass is 470 g/mol. The molecule has 0 unspecified atom stereocenters. The van der Waals surface area contributed by atoms with Crippen LogP contribution < -0.4 is 25.3 Å². The van der Waals surface area contributed by atoms with Crippen LogP contribution in [0, 0.1) is 4.91 Å². The minimum Gasteiger partial charge on any atom is -0.870 e. The molecule has 0 aliphatic rings. The van der Waals surface area contributed by atoms with Crippen LogP contribution in [0.15, 0.2) is 59.5 Å². The number of nitrogens with zero attached hydrogens (tertiary/aromatic N) is 1. The van der Waals surface area contributed by atoms with E-state index in [4.69, 9.17) is 13.9 Å². The number of carbonyl (C=O) groups is 2. The molecule has 1 heterocycles. The summed E-state index contributed by atoms with van der Waals surface area (Å²) in [6, 6.07) is 11.5. The molecule has 0 saturated carbocycles. The average Bonchev–Trinajstić information content (AvgIpc) is 3.33. The number of nitroso groups, excluding NO2 is 1. The lowest BCUT2D eigenvalue weighted by molar-refractivity contribution is -0.379. The van der Waals surface area contributed by atoms with Crippen LogP contribution in [-0.4, -0.2) is 41.5 Å². The Hall–Kier alpha value is -4.25. The van der Waals surface area contributed by atoms with E-state index in [-0.39, 0.29) is 12.1 Å². The summed E-state index contributed by atoms with van der Waals surface area (Å²) >= 11 is 0. The molecule has 1 aromatic heterocycles. The van der Waals surface area contributed by atoms with Crippen LogP contribution in [0.1, 0.15) is 20.3 Å². The Labute approximate surface area is 195 Å². The van der Waals surface area contributed by atoms with E-state index >= 15 is 0 Å². The van der Waals surface area contributed by atoms with Crippen molar-refractivity contribution < 1.29 is 34.1 Å². The van der Waals surface area contributed by atoms with Crippen molar-refractivity contribution in [1.29, 1.82) is 0 Å². The van der Waals surface area contributed by atoms with E-state index in [2.05, 4.69) is 15.6 Å². The van der Waals surface area contributed by atoms with E-state index in [1.807, 2.05) is 0 Å². The van der Waals surface area contributed by atoms with Crippen molar-refractivity contribution in [2.24, 2.45) is 0 Å². The summed E-state index contributed by atoms with van der Waals surface area (Å²) in [6.45, 7) is 3.84. The molecule has 0 spiro atoms. The summed E-state index contributed by atoms with van der Waals surface area (Å²) in [6.07, 6.45) is 3.29. The maximum Gasteiger partial charge on any atom is 0.313 e. The van der Waals surface area contributed by atoms with Gasteiger partial charge < -0.3 is 30.0 Å². The Morgan fingerprint density at radius 2 is 1.94 bits per heavy atom. The van der Waals surface area contributed by atoms with Crippen molar-refractivity contribution in [3.05, 3.63) is 60.0 Å². The highest BCUT2D eigenvalue weighted by molar-refractivity contribution is 6.39. The van der Waals surface area contributed by atoms with Gasteiger partial charge in [0.05, 0.1) is 31.5 Å². The van der Waals surface area contributed by atoms with Crippen LogP contribution in [0.25, 0.3) is 11.3 Å². The Kier molecular flexibility index (Phi) is 8.85. The van der Waals surface area contributed by atoms with Crippen LogP contribution in [0.3, 0.4) is 0 Å². The van der Waals surface area contributed by atoms with Crippen molar-refractivity contribution >= 4 is 23.2 Å². The first kappa shape index (κ1) is 26.0. The molecule has 0 radical (unpaired) electrons. The number of anilines is 1. The zero-order chi connectivity index (χ0) is 23.8. The molecular formula is C23H26N4O7. The third kappa shape index (κ3) is 6.87. The Bertz CT molecular complexity index is 1130. The van der Waals surface area contributed by atoms with Gasteiger partial charge in [-0.05, 0) is 32.0 Å². The van der Waals surface area contributed by atoms with Gasteiger partial charge in [0, 0.05) is 39.9 Å². The highest BCUT2D eigenvalue weighted by Crippen LogP contribution is 2.32. The van der Waals surface area contributed by atoms with Gasteiger partial charge in [-0.25, -0.2) is 4.98 Å². The van der Waals surface area contributed by atoms with Gasteiger partial charge in [-0.1, -0.05) is 6.07 Å². The molecule has 3 rings (SSSR count). The van der Waals surface area contributed by atoms with E-state index in [1.165, 1.54) is 13.5 Å². The minimum atomic E-state index is -0.812. The number of rotatable bonds is 9. The maximum absolute atomic E-state index is 12.4. The molecule has 0 fully saturated rings. The van der Waals surface area contributed by atoms with Crippen LogP contribution in [0.5, 0.6) is 11.5 Å². The first-order chi connectivity index (χ1) is 15.8. The number of hydrogen-bond donors (Lipinski definition) is 3. The largest absolute Gasteiger partial charge is 0.870 e. The molecule has 34 heavy (non-hydrogen) atoms. The van der Waals surface area contributed by atoms with Gasteiger partial charge in [0.15, 0.2) is 12.2 Å². The van der Waals surface area contributed by atoms with Crippen molar-refractivity contribution in [3.8, 4) is 22.8 Å². The number of benzene rings is 2. The van der Waals surface area contributed by atoms with Crippen LogP contribution >= 0.6 is 0 Å². The number of amides is 2. The number of hydrogen-bond acceptors (Lipinski definition) is 8. The molecule has 3 aromatic rings. The lowest BCUT2D eigenvalue weighted by Gasteiger charge is -2.26. The number of oxazole rings is 1. The quantitative estimate of drug-likeness (QED) is 0.399. The van der Waals surface area contributed by atoms with Gasteiger partial charge in [0.1, 0.15) is 11.5 Å². The molecule has 0 saturated heterocycles. The molecule has 11 nitrogen and oxygen atoms in total. The summed E-state index contributed by atoms with van der Waals surface area (Å²) in [5.74, 6) is -0.0944. The molecular weight excluding hydrogens is 444 g/mol. The highest BCUT2D eigenvalue weighted by atomic mass is 16.5. The van der Waals surface area contributed by atoms with Crippen molar-refractivity contribution in [2.45, 2.75) is 25.8 Å². The van der Waals surface area contributed by atoms with Gasteiger partial charge in [0.25, 0.3) is 5.69 Å². The fraction of sp³-hybridized carbons (Fsp3) is 0.261. The summed E-state index contributed by atoms with van der Waals surface area (Å²) in [4.78, 5) is 39.4. The molecule has 2 aromatic carbocycles. The smallest absolute Gasteiger partial charge is 0.313 e. The van der Waals surface area contributed by atoms with Crippen molar-refractivity contribution in [2.75, 3.05) is 19.0 Å². The number of nitrogens with one attached hydrogen (secondary N) is 3. The fourth-order valence-electron chi connectivity index (χ4n) is 3.01. The highest BCUT2D eigenvalue weighted by Gasteiger charge is 2.25. The Balaban J connectivity index is 0.00000408. The van der Waals surface area contributed by atoms with E-state index in [9.17, 15) is 14.5 Å². The first-order valence-electron chi connectivity index (χ1n) is 10.1. The van der Waals surface area contributed by atoms with E-state index in [0.29, 0.717) is 40.6 Å².